The number of pyridine rings is 1. The number of amides is 1. The summed E-state index contributed by atoms with van der Waals surface area (Å²) in [5, 5.41) is 11.1. The third-order valence-electron chi connectivity index (χ3n) is 2.04. The summed E-state index contributed by atoms with van der Waals surface area (Å²) in [5.41, 5.74) is 0.398. The predicted octanol–water partition coefficient (Wildman–Crippen LogP) is 1.33. The number of carboxylic acid groups (broad SMARTS) is 1. The number of aromatic nitrogens is 2. The number of nitrogens with zero attached hydrogens (tertiary/aromatic N) is 2. The van der Waals surface area contributed by atoms with E-state index in [0.29, 0.717) is 5.69 Å². The number of aryl methyl sites for hydroxylation is 1. The summed E-state index contributed by atoms with van der Waals surface area (Å²) < 4.78 is 4.95. The fraction of sp³-hybridized carbons (Fsp3) is 0.0909. The van der Waals surface area contributed by atoms with Crippen molar-refractivity contribution in [2.24, 2.45) is 0 Å². The van der Waals surface area contributed by atoms with Gasteiger partial charge in [-0.1, -0.05) is 6.07 Å². The van der Waals surface area contributed by atoms with Crippen molar-refractivity contribution in [3.63, 3.8) is 0 Å². The summed E-state index contributed by atoms with van der Waals surface area (Å²) >= 11 is 0. The van der Waals surface area contributed by atoms with E-state index in [1.165, 1.54) is 24.5 Å². The average Bonchev–Trinajstić information content (AvgIpc) is 2.75. The first-order valence-corrected chi connectivity index (χ1v) is 5.00. The van der Waals surface area contributed by atoms with Crippen LogP contribution in [0.25, 0.3) is 0 Å². The molecule has 2 aromatic rings. The van der Waals surface area contributed by atoms with Crippen molar-refractivity contribution in [2.75, 3.05) is 5.32 Å². The Labute approximate surface area is 101 Å². The molecule has 0 bridgehead atoms. The van der Waals surface area contributed by atoms with E-state index < -0.39 is 11.9 Å². The molecule has 0 aromatic carbocycles. The van der Waals surface area contributed by atoms with E-state index >= 15 is 0 Å². The first kappa shape index (κ1) is 11.8. The van der Waals surface area contributed by atoms with Gasteiger partial charge in [0.05, 0.1) is 5.69 Å². The third-order valence-corrected chi connectivity index (χ3v) is 2.04. The van der Waals surface area contributed by atoms with Gasteiger partial charge in [0.15, 0.2) is 0 Å². The van der Waals surface area contributed by atoms with Crippen LogP contribution < -0.4 is 5.32 Å². The summed E-state index contributed by atoms with van der Waals surface area (Å²) in [7, 11) is 0. The molecule has 92 valence electrons. The maximum atomic E-state index is 11.7. The van der Waals surface area contributed by atoms with Crippen LogP contribution in [0.5, 0.6) is 0 Å². The predicted molar refractivity (Wildman–Crippen MR) is 60.4 cm³/mol. The fourth-order valence-corrected chi connectivity index (χ4v) is 1.25. The van der Waals surface area contributed by atoms with Crippen molar-refractivity contribution < 1.29 is 19.1 Å². The molecule has 2 aromatic heterocycles. The molecule has 1 amide bonds. The van der Waals surface area contributed by atoms with Gasteiger partial charge in [-0.15, -0.1) is 0 Å². The summed E-state index contributed by atoms with van der Waals surface area (Å²) in [6.45, 7) is 1.71. The lowest BCUT2D eigenvalue weighted by Gasteiger charge is -2.00. The number of anilines is 1. The van der Waals surface area contributed by atoms with Gasteiger partial charge in [0.2, 0.25) is 0 Å². The van der Waals surface area contributed by atoms with Gasteiger partial charge in [0, 0.05) is 0 Å². The molecule has 7 heteroatoms. The number of hydrogen-bond acceptors (Lipinski definition) is 5. The molecule has 7 nitrogen and oxygen atoms in total. The first-order chi connectivity index (χ1) is 8.56. The smallest absolute Gasteiger partial charge is 0.354 e. The summed E-state index contributed by atoms with van der Waals surface area (Å²) in [6, 6.07) is 4.18. The minimum absolute atomic E-state index is 0.0225. The second-order valence-electron chi connectivity index (χ2n) is 3.46. The number of hydrogen-bond donors (Lipinski definition) is 2. The molecule has 0 unspecified atom stereocenters. The second kappa shape index (κ2) is 4.66. The molecule has 2 heterocycles. The van der Waals surface area contributed by atoms with Crippen molar-refractivity contribution in [3.8, 4) is 0 Å². The maximum absolute atomic E-state index is 11.7. The Balaban J connectivity index is 2.18. The largest absolute Gasteiger partial charge is 0.477 e. The number of carbonyl (C=O) groups excluding carboxylic acids is 1. The SMILES string of the molecule is Cc1coc(NC(=O)c2cccc(C(=O)O)n2)n1. The lowest BCUT2D eigenvalue weighted by Crippen LogP contribution is -2.15. The molecule has 0 aliphatic rings. The van der Waals surface area contributed by atoms with Crippen LogP contribution in [0.3, 0.4) is 0 Å². The summed E-state index contributed by atoms with van der Waals surface area (Å²) in [6.07, 6.45) is 1.39. The fourth-order valence-electron chi connectivity index (χ4n) is 1.25. The highest BCUT2D eigenvalue weighted by Gasteiger charge is 2.13. The van der Waals surface area contributed by atoms with Crippen LogP contribution in [-0.2, 0) is 0 Å². The average molecular weight is 247 g/mol. The van der Waals surface area contributed by atoms with Crippen molar-refractivity contribution in [2.45, 2.75) is 6.92 Å². The molecular formula is C11H9N3O4. The first-order valence-electron chi connectivity index (χ1n) is 5.00. The van der Waals surface area contributed by atoms with Gasteiger partial charge in [-0.05, 0) is 19.1 Å². The van der Waals surface area contributed by atoms with Crippen molar-refractivity contribution in [1.29, 1.82) is 0 Å². The van der Waals surface area contributed by atoms with E-state index in [0.717, 1.165) is 0 Å². The molecule has 0 aliphatic carbocycles. The minimum Gasteiger partial charge on any atom is -0.477 e. The minimum atomic E-state index is -1.20. The van der Waals surface area contributed by atoms with Crippen LogP contribution in [0.15, 0.2) is 28.9 Å². The lowest BCUT2D eigenvalue weighted by molar-refractivity contribution is 0.0690. The Morgan fingerprint density at radius 2 is 2.00 bits per heavy atom. The molecule has 2 rings (SSSR count). The maximum Gasteiger partial charge on any atom is 0.354 e. The quantitative estimate of drug-likeness (QED) is 0.847. The highest BCUT2D eigenvalue weighted by Crippen LogP contribution is 2.08. The molecule has 18 heavy (non-hydrogen) atoms. The number of oxazole rings is 1. The van der Waals surface area contributed by atoms with E-state index in [1.54, 1.807) is 6.92 Å². The van der Waals surface area contributed by atoms with Crippen molar-refractivity contribution in [3.05, 3.63) is 41.5 Å². The van der Waals surface area contributed by atoms with E-state index in [2.05, 4.69) is 15.3 Å². The molecule has 0 atom stereocenters. The zero-order chi connectivity index (χ0) is 13.1. The molecule has 0 saturated carbocycles. The van der Waals surface area contributed by atoms with Crippen molar-refractivity contribution in [1.82, 2.24) is 9.97 Å². The van der Waals surface area contributed by atoms with E-state index in [4.69, 9.17) is 9.52 Å². The topological polar surface area (TPSA) is 105 Å². The molecule has 0 fully saturated rings. The molecule has 0 spiro atoms. The Kier molecular flexibility index (Phi) is 3.05. The van der Waals surface area contributed by atoms with Gasteiger partial charge in [0.25, 0.3) is 5.91 Å². The number of aromatic carboxylic acids is 1. The zero-order valence-electron chi connectivity index (χ0n) is 9.38. The van der Waals surface area contributed by atoms with Crippen LogP contribution in [0.2, 0.25) is 0 Å². The van der Waals surface area contributed by atoms with E-state index in [9.17, 15) is 9.59 Å². The van der Waals surface area contributed by atoms with E-state index in [-0.39, 0.29) is 17.4 Å². The van der Waals surface area contributed by atoms with Crippen LogP contribution in [-0.4, -0.2) is 27.0 Å². The highest BCUT2D eigenvalue weighted by molar-refractivity contribution is 6.02. The Bertz CT molecular complexity index is 606. The van der Waals surface area contributed by atoms with Gasteiger partial charge < -0.3 is 9.52 Å². The molecule has 0 aliphatic heterocycles. The Morgan fingerprint density at radius 1 is 1.28 bits per heavy atom. The van der Waals surface area contributed by atoms with Gasteiger partial charge in [-0.2, -0.15) is 4.98 Å². The third kappa shape index (κ3) is 2.51. The highest BCUT2D eigenvalue weighted by atomic mass is 16.4. The van der Waals surface area contributed by atoms with Crippen molar-refractivity contribution >= 4 is 17.9 Å². The van der Waals surface area contributed by atoms with Gasteiger partial charge in [-0.3, -0.25) is 10.1 Å². The number of rotatable bonds is 3. The molecule has 0 radical (unpaired) electrons. The molecular weight excluding hydrogens is 238 g/mol. The molecule has 0 saturated heterocycles. The van der Waals surface area contributed by atoms with E-state index in [1.807, 2.05) is 0 Å². The number of carboxylic acids is 1. The van der Waals surface area contributed by atoms with Crippen LogP contribution in [0, 0.1) is 6.92 Å². The lowest BCUT2D eigenvalue weighted by atomic mass is 10.3. The van der Waals surface area contributed by atoms with Gasteiger partial charge in [0.1, 0.15) is 17.7 Å². The number of nitrogens with one attached hydrogen (secondary N) is 1. The Hall–Kier alpha value is -2.70. The zero-order valence-corrected chi connectivity index (χ0v) is 9.38. The van der Waals surface area contributed by atoms with Crippen LogP contribution in [0.1, 0.15) is 26.7 Å². The summed E-state index contributed by atoms with van der Waals surface area (Å²) in [4.78, 5) is 30.0. The Morgan fingerprint density at radius 3 is 2.61 bits per heavy atom. The molecule has 2 N–H and O–H groups in total. The van der Waals surface area contributed by atoms with Gasteiger partial charge >= 0.3 is 12.0 Å². The van der Waals surface area contributed by atoms with Crippen LogP contribution in [0.4, 0.5) is 6.01 Å². The normalized spacial score (nSPS) is 10.1. The second-order valence-corrected chi connectivity index (χ2v) is 3.46. The monoisotopic (exact) mass is 247 g/mol. The standard InChI is InChI=1S/C11H9N3O4/c1-6-5-18-11(12-6)14-9(15)7-3-2-4-8(13-7)10(16)17/h2-5H,1H3,(H,16,17)(H,12,14,15). The van der Waals surface area contributed by atoms with Crippen LogP contribution >= 0.6 is 0 Å². The van der Waals surface area contributed by atoms with Gasteiger partial charge in [-0.25, -0.2) is 9.78 Å². The summed E-state index contributed by atoms with van der Waals surface area (Å²) in [5.74, 6) is -1.78. The number of carbonyl (C=O) groups is 2.